The number of benzene rings is 1. The molecular formula is C22H33N3O2. The average Bonchev–Trinajstić information content (AvgIpc) is 3.03. The van der Waals surface area contributed by atoms with Crippen molar-refractivity contribution in [1.82, 2.24) is 10.2 Å². The molecule has 3 saturated heterocycles. The molecule has 0 amide bonds. The van der Waals surface area contributed by atoms with Crippen LogP contribution in [0.1, 0.15) is 56.1 Å². The van der Waals surface area contributed by atoms with Crippen LogP contribution in [0.4, 0.5) is 5.69 Å². The fourth-order valence-corrected chi connectivity index (χ4v) is 5.51. The summed E-state index contributed by atoms with van der Waals surface area (Å²) in [4.78, 5) is 16.6. The van der Waals surface area contributed by atoms with Gasteiger partial charge in [0.25, 0.3) is 0 Å². The lowest BCUT2D eigenvalue weighted by Gasteiger charge is -2.42. The van der Waals surface area contributed by atoms with Crippen LogP contribution in [0.2, 0.25) is 0 Å². The van der Waals surface area contributed by atoms with Gasteiger partial charge in [0, 0.05) is 24.3 Å². The molecule has 148 valence electrons. The number of carboxylic acid groups (broad SMARTS) is 1. The zero-order chi connectivity index (χ0) is 18.9. The third-order valence-electron chi connectivity index (χ3n) is 6.89. The summed E-state index contributed by atoms with van der Waals surface area (Å²) in [5.74, 6) is -0.689. The number of piperidine rings is 2. The fraction of sp³-hybridized carbons (Fsp3) is 0.682. The van der Waals surface area contributed by atoms with Gasteiger partial charge in [0.2, 0.25) is 0 Å². The third kappa shape index (κ3) is 3.85. The molecular weight excluding hydrogens is 338 g/mol. The predicted molar refractivity (Wildman–Crippen MR) is 108 cm³/mol. The molecule has 0 bridgehead atoms. The number of carboxylic acids is 1. The second-order valence-corrected chi connectivity index (χ2v) is 8.72. The number of rotatable bonds is 4. The van der Waals surface area contributed by atoms with Crippen LogP contribution >= 0.6 is 0 Å². The Bertz CT molecular complexity index is 684. The van der Waals surface area contributed by atoms with Crippen LogP contribution in [0.25, 0.3) is 0 Å². The first-order chi connectivity index (χ1) is 13.1. The summed E-state index contributed by atoms with van der Waals surface area (Å²) in [6.07, 6.45) is 7.96. The molecule has 1 unspecified atom stereocenters. The van der Waals surface area contributed by atoms with Crippen LogP contribution < -0.4 is 10.2 Å². The van der Waals surface area contributed by atoms with Crippen LogP contribution in [0.5, 0.6) is 0 Å². The van der Waals surface area contributed by atoms with E-state index in [2.05, 4.69) is 40.2 Å². The molecule has 0 aromatic heterocycles. The molecule has 3 aliphatic heterocycles. The monoisotopic (exact) mass is 371 g/mol. The molecule has 3 heterocycles. The van der Waals surface area contributed by atoms with Gasteiger partial charge in [0.05, 0.1) is 0 Å². The van der Waals surface area contributed by atoms with Gasteiger partial charge in [-0.15, -0.1) is 0 Å². The Hall–Kier alpha value is -1.59. The molecule has 3 aliphatic rings. The van der Waals surface area contributed by atoms with E-state index in [4.69, 9.17) is 0 Å². The van der Waals surface area contributed by atoms with Crippen LogP contribution in [-0.4, -0.2) is 53.7 Å². The van der Waals surface area contributed by atoms with Crippen LogP contribution in [0.3, 0.4) is 0 Å². The fourth-order valence-electron chi connectivity index (χ4n) is 5.51. The molecule has 27 heavy (non-hydrogen) atoms. The highest BCUT2D eigenvalue weighted by Gasteiger charge is 2.41. The highest BCUT2D eigenvalue weighted by atomic mass is 16.4. The van der Waals surface area contributed by atoms with Crippen molar-refractivity contribution in [1.29, 1.82) is 0 Å². The topological polar surface area (TPSA) is 55.8 Å². The number of aliphatic carboxylic acids is 1. The number of aryl methyl sites for hydroxylation is 1. The third-order valence-corrected chi connectivity index (χ3v) is 6.89. The molecule has 5 nitrogen and oxygen atoms in total. The zero-order valence-corrected chi connectivity index (χ0v) is 16.5. The first-order valence-corrected chi connectivity index (χ1v) is 10.6. The number of likely N-dealkylation sites (tertiary alicyclic amines) is 1. The Kier molecular flexibility index (Phi) is 5.42. The van der Waals surface area contributed by atoms with Crippen LogP contribution in [0, 0.1) is 6.92 Å². The molecule has 0 saturated carbocycles. The van der Waals surface area contributed by atoms with Crippen molar-refractivity contribution in [3.63, 3.8) is 0 Å². The Labute approximate surface area is 162 Å². The maximum absolute atomic E-state index is 11.7. The first-order valence-electron chi connectivity index (χ1n) is 10.6. The normalized spacial score (nSPS) is 25.8. The number of hydrogen-bond donors (Lipinski definition) is 2. The van der Waals surface area contributed by atoms with E-state index in [1.807, 2.05) is 0 Å². The number of nitrogens with zero attached hydrogens (tertiary/aromatic N) is 2. The zero-order valence-electron chi connectivity index (χ0n) is 16.5. The minimum Gasteiger partial charge on any atom is -0.480 e. The Morgan fingerprint density at radius 1 is 1.15 bits per heavy atom. The highest BCUT2D eigenvalue weighted by Crippen LogP contribution is 2.38. The van der Waals surface area contributed by atoms with Gasteiger partial charge in [-0.1, -0.05) is 6.07 Å². The van der Waals surface area contributed by atoms with E-state index < -0.39 is 5.97 Å². The Morgan fingerprint density at radius 2 is 1.96 bits per heavy atom. The number of nitrogens with one attached hydrogen (secondary N) is 1. The maximum atomic E-state index is 11.7. The molecule has 1 aromatic carbocycles. The standard InChI is InChI=1S/C22H33N3O2/c1-17-13-18(16-24-11-4-6-22(24)7-9-23-10-8-22)15-19(14-17)25-12-3-2-5-20(25)21(26)27/h13-15,20,23H,2-12,16H2,1H3,(H,26,27). The van der Waals surface area contributed by atoms with Crippen molar-refractivity contribution in [2.45, 2.75) is 70.0 Å². The lowest BCUT2D eigenvalue weighted by Crippen LogP contribution is -2.50. The van der Waals surface area contributed by atoms with Crippen molar-refractivity contribution < 1.29 is 9.90 Å². The summed E-state index contributed by atoms with van der Waals surface area (Å²) in [6.45, 7) is 7.41. The summed E-state index contributed by atoms with van der Waals surface area (Å²) in [5.41, 5.74) is 4.04. The van der Waals surface area contributed by atoms with E-state index in [-0.39, 0.29) is 6.04 Å². The molecule has 1 atom stereocenters. The SMILES string of the molecule is Cc1cc(CN2CCCC23CCNCC3)cc(N2CCCCC2C(=O)O)c1. The van der Waals surface area contributed by atoms with E-state index in [1.165, 1.54) is 43.4 Å². The maximum Gasteiger partial charge on any atom is 0.326 e. The second-order valence-electron chi connectivity index (χ2n) is 8.72. The minimum absolute atomic E-state index is 0.379. The van der Waals surface area contributed by atoms with Gasteiger partial charge in [-0.3, -0.25) is 4.90 Å². The minimum atomic E-state index is -0.689. The van der Waals surface area contributed by atoms with Crippen molar-refractivity contribution >= 4 is 11.7 Å². The van der Waals surface area contributed by atoms with E-state index in [1.54, 1.807) is 0 Å². The molecule has 5 heteroatoms. The van der Waals surface area contributed by atoms with E-state index in [0.29, 0.717) is 5.54 Å². The summed E-state index contributed by atoms with van der Waals surface area (Å²) < 4.78 is 0. The second kappa shape index (κ2) is 7.80. The van der Waals surface area contributed by atoms with E-state index in [9.17, 15) is 9.90 Å². The van der Waals surface area contributed by atoms with Crippen LogP contribution in [0.15, 0.2) is 18.2 Å². The summed E-state index contributed by atoms with van der Waals surface area (Å²) in [5, 5.41) is 13.2. The summed E-state index contributed by atoms with van der Waals surface area (Å²) in [6, 6.07) is 6.32. The van der Waals surface area contributed by atoms with Gasteiger partial charge < -0.3 is 15.3 Å². The molecule has 4 rings (SSSR count). The van der Waals surface area contributed by atoms with Crippen molar-refractivity contribution in [3.05, 3.63) is 29.3 Å². The summed E-state index contributed by atoms with van der Waals surface area (Å²) in [7, 11) is 0. The van der Waals surface area contributed by atoms with Gasteiger partial charge in [-0.2, -0.15) is 0 Å². The Balaban J connectivity index is 1.56. The average molecular weight is 372 g/mol. The lowest BCUT2D eigenvalue weighted by atomic mass is 9.85. The van der Waals surface area contributed by atoms with E-state index >= 15 is 0 Å². The molecule has 0 radical (unpaired) electrons. The molecule has 2 N–H and O–H groups in total. The van der Waals surface area contributed by atoms with Gasteiger partial charge >= 0.3 is 5.97 Å². The van der Waals surface area contributed by atoms with Gasteiger partial charge in [-0.05, 0) is 94.8 Å². The van der Waals surface area contributed by atoms with E-state index in [0.717, 1.165) is 51.1 Å². The molecule has 1 aromatic rings. The lowest BCUT2D eigenvalue weighted by molar-refractivity contribution is -0.139. The largest absolute Gasteiger partial charge is 0.480 e. The number of hydrogen-bond acceptors (Lipinski definition) is 4. The number of anilines is 1. The molecule has 1 spiro atoms. The summed E-state index contributed by atoms with van der Waals surface area (Å²) >= 11 is 0. The van der Waals surface area contributed by atoms with Crippen LogP contribution in [-0.2, 0) is 11.3 Å². The Morgan fingerprint density at radius 3 is 2.74 bits per heavy atom. The highest BCUT2D eigenvalue weighted by molar-refractivity contribution is 5.78. The first kappa shape index (κ1) is 18.8. The van der Waals surface area contributed by atoms with Crippen molar-refractivity contribution in [2.24, 2.45) is 0 Å². The van der Waals surface area contributed by atoms with Gasteiger partial charge in [-0.25, -0.2) is 4.79 Å². The quantitative estimate of drug-likeness (QED) is 0.851. The van der Waals surface area contributed by atoms with Gasteiger partial charge in [0.15, 0.2) is 0 Å². The molecule has 3 fully saturated rings. The van der Waals surface area contributed by atoms with Crippen molar-refractivity contribution in [2.75, 3.05) is 31.1 Å². The number of carbonyl (C=O) groups is 1. The van der Waals surface area contributed by atoms with Crippen molar-refractivity contribution in [3.8, 4) is 0 Å². The smallest absolute Gasteiger partial charge is 0.326 e. The van der Waals surface area contributed by atoms with Gasteiger partial charge in [0.1, 0.15) is 6.04 Å². The molecule has 0 aliphatic carbocycles. The predicted octanol–water partition coefficient (Wildman–Crippen LogP) is 3.16.